The minimum absolute atomic E-state index is 0. The maximum absolute atomic E-state index is 13.0. The van der Waals surface area contributed by atoms with Crippen LogP contribution < -0.4 is 5.73 Å². The van der Waals surface area contributed by atoms with Crippen molar-refractivity contribution in [2.45, 2.75) is 25.8 Å². The highest BCUT2D eigenvalue weighted by molar-refractivity contribution is 6.15. The van der Waals surface area contributed by atoms with Crippen LogP contribution in [0.15, 0.2) is 54.6 Å². The number of carbonyl (C=O) groups is 2. The van der Waals surface area contributed by atoms with E-state index in [0.29, 0.717) is 35.7 Å². The molecule has 5 heteroatoms. The third-order valence-corrected chi connectivity index (χ3v) is 5.01. The van der Waals surface area contributed by atoms with E-state index in [0.717, 1.165) is 12.8 Å². The molecule has 1 aliphatic heterocycles. The summed E-state index contributed by atoms with van der Waals surface area (Å²) >= 11 is 0. The van der Waals surface area contributed by atoms with Gasteiger partial charge in [0.1, 0.15) is 0 Å². The van der Waals surface area contributed by atoms with Crippen LogP contribution >= 0.6 is 12.4 Å². The fourth-order valence-electron chi connectivity index (χ4n) is 3.41. The summed E-state index contributed by atoms with van der Waals surface area (Å²) in [6.45, 7) is 3.41. The Balaban J connectivity index is 0.00000243. The number of piperidine rings is 1. The highest BCUT2D eigenvalue weighted by Crippen LogP contribution is 2.23. The van der Waals surface area contributed by atoms with Crippen LogP contribution in [-0.4, -0.2) is 35.7 Å². The molecule has 3 rings (SSSR count). The molecule has 0 aromatic heterocycles. The van der Waals surface area contributed by atoms with Crippen molar-refractivity contribution in [1.82, 2.24) is 4.90 Å². The van der Waals surface area contributed by atoms with Gasteiger partial charge in [0.15, 0.2) is 5.78 Å². The predicted octanol–water partition coefficient (Wildman–Crippen LogP) is 3.54. The van der Waals surface area contributed by atoms with Crippen molar-refractivity contribution < 1.29 is 9.59 Å². The lowest BCUT2D eigenvalue weighted by Crippen LogP contribution is -2.42. The molecule has 0 aliphatic carbocycles. The first-order chi connectivity index (χ1) is 12.1. The van der Waals surface area contributed by atoms with Gasteiger partial charge in [0, 0.05) is 30.3 Å². The van der Waals surface area contributed by atoms with Gasteiger partial charge in [-0.15, -0.1) is 12.4 Å². The fourth-order valence-corrected chi connectivity index (χ4v) is 3.41. The quantitative estimate of drug-likeness (QED) is 0.835. The van der Waals surface area contributed by atoms with Crippen LogP contribution in [0.5, 0.6) is 0 Å². The van der Waals surface area contributed by atoms with Gasteiger partial charge in [0.25, 0.3) is 5.91 Å². The van der Waals surface area contributed by atoms with Gasteiger partial charge in [-0.2, -0.15) is 0 Å². The molecule has 4 nitrogen and oxygen atoms in total. The molecule has 1 fully saturated rings. The molecule has 1 amide bonds. The standard InChI is InChI=1S/C21H24N2O2.ClH/c1-15(22)16-11-13-23(14-12-16)21(25)19-10-6-5-9-18(19)20(24)17-7-3-2-4-8-17;/h2-10,15-16H,11-14,22H2,1H3;1H. The number of halogens is 1. The van der Waals surface area contributed by atoms with Gasteiger partial charge in [0.2, 0.25) is 0 Å². The lowest BCUT2D eigenvalue weighted by atomic mass is 9.90. The van der Waals surface area contributed by atoms with E-state index >= 15 is 0 Å². The van der Waals surface area contributed by atoms with E-state index in [1.807, 2.05) is 36.1 Å². The van der Waals surface area contributed by atoms with Gasteiger partial charge in [-0.25, -0.2) is 0 Å². The molecule has 1 atom stereocenters. The maximum Gasteiger partial charge on any atom is 0.254 e. The number of hydrogen-bond donors (Lipinski definition) is 1. The molecule has 2 N–H and O–H groups in total. The summed E-state index contributed by atoms with van der Waals surface area (Å²) < 4.78 is 0. The smallest absolute Gasteiger partial charge is 0.254 e. The Labute approximate surface area is 160 Å². The van der Waals surface area contributed by atoms with Crippen molar-refractivity contribution in [3.05, 3.63) is 71.3 Å². The molecule has 1 saturated heterocycles. The Morgan fingerprint density at radius 3 is 2.08 bits per heavy atom. The van der Waals surface area contributed by atoms with E-state index in [1.54, 1.807) is 30.3 Å². The lowest BCUT2D eigenvalue weighted by molar-refractivity contribution is 0.0677. The second-order valence-electron chi connectivity index (χ2n) is 6.73. The summed E-state index contributed by atoms with van der Waals surface area (Å²) in [4.78, 5) is 27.6. The lowest BCUT2D eigenvalue weighted by Gasteiger charge is -2.34. The van der Waals surface area contributed by atoms with Gasteiger partial charge in [-0.3, -0.25) is 9.59 Å². The van der Waals surface area contributed by atoms with Crippen molar-refractivity contribution in [3.63, 3.8) is 0 Å². The Morgan fingerprint density at radius 1 is 0.962 bits per heavy atom. The minimum atomic E-state index is -0.116. The van der Waals surface area contributed by atoms with Crippen molar-refractivity contribution in [1.29, 1.82) is 0 Å². The molecule has 26 heavy (non-hydrogen) atoms. The number of likely N-dealkylation sites (tertiary alicyclic amines) is 1. The number of nitrogens with zero attached hydrogens (tertiary/aromatic N) is 1. The van der Waals surface area contributed by atoms with E-state index in [2.05, 4.69) is 0 Å². The van der Waals surface area contributed by atoms with Crippen LogP contribution in [0.3, 0.4) is 0 Å². The van der Waals surface area contributed by atoms with E-state index in [9.17, 15) is 9.59 Å². The topological polar surface area (TPSA) is 63.4 Å². The summed E-state index contributed by atoms with van der Waals surface area (Å²) in [6, 6.07) is 16.3. The number of amides is 1. The third kappa shape index (κ3) is 4.32. The number of benzene rings is 2. The van der Waals surface area contributed by atoms with Gasteiger partial charge in [-0.1, -0.05) is 48.5 Å². The van der Waals surface area contributed by atoms with Crippen molar-refractivity contribution >= 4 is 24.1 Å². The second-order valence-corrected chi connectivity index (χ2v) is 6.73. The monoisotopic (exact) mass is 372 g/mol. The molecule has 0 radical (unpaired) electrons. The fraction of sp³-hybridized carbons (Fsp3) is 0.333. The highest BCUT2D eigenvalue weighted by atomic mass is 35.5. The van der Waals surface area contributed by atoms with Crippen LogP contribution in [0.1, 0.15) is 46.0 Å². The number of rotatable bonds is 4. The molecule has 2 aromatic rings. The van der Waals surface area contributed by atoms with Crippen molar-refractivity contribution in [2.75, 3.05) is 13.1 Å². The molecule has 0 spiro atoms. The third-order valence-electron chi connectivity index (χ3n) is 5.01. The highest BCUT2D eigenvalue weighted by Gasteiger charge is 2.27. The normalized spacial score (nSPS) is 15.8. The number of hydrogen-bond acceptors (Lipinski definition) is 3. The SMILES string of the molecule is CC(N)C1CCN(C(=O)c2ccccc2C(=O)c2ccccc2)CC1.Cl. The van der Waals surface area contributed by atoms with Crippen LogP contribution in [-0.2, 0) is 0 Å². The molecular formula is C21H25ClN2O2. The second kappa shape index (κ2) is 8.97. The van der Waals surface area contributed by atoms with Crippen LogP contribution in [0.2, 0.25) is 0 Å². The van der Waals surface area contributed by atoms with Crippen LogP contribution in [0, 0.1) is 5.92 Å². The molecule has 138 valence electrons. The van der Waals surface area contributed by atoms with Crippen molar-refractivity contribution in [2.24, 2.45) is 11.7 Å². The van der Waals surface area contributed by atoms with E-state index in [1.165, 1.54) is 0 Å². The van der Waals surface area contributed by atoms with E-state index in [4.69, 9.17) is 5.73 Å². The van der Waals surface area contributed by atoms with Crippen LogP contribution in [0.25, 0.3) is 0 Å². The summed E-state index contributed by atoms with van der Waals surface area (Å²) in [6.07, 6.45) is 1.83. The number of ketones is 1. The van der Waals surface area contributed by atoms with Crippen molar-refractivity contribution in [3.8, 4) is 0 Å². The molecule has 0 bridgehead atoms. The summed E-state index contributed by atoms with van der Waals surface area (Å²) in [7, 11) is 0. The summed E-state index contributed by atoms with van der Waals surface area (Å²) in [5.41, 5.74) is 7.52. The first-order valence-corrected chi connectivity index (χ1v) is 8.81. The van der Waals surface area contributed by atoms with Gasteiger partial charge < -0.3 is 10.6 Å². The summed E-state index contributed by atoms with van der Waals surface area (Å²) in [5, 5.41) is 0. The average molecular weight is 373 g/mol. The molecule has 2 aromatic carbocycles. The first kappa shape index (κ1) is 20.1. The molecule has 1 unspecified atom stereocenters. The Morgan fingerprint density at radius 2 is 1.50 bits per heavy atom. The maximum atomic E-state index is 13.0. The Kier molecular flexibility index (Phi) is 6.95. The van der Waals surface area contributed by atoms with E-state index < -0.39 is 0 Å². The molecular weight excluding hydrogens is 348 g/mol. The van der Waals surface area contributed by atoms with Gasteiger partial charge in [-0.05, 0) is 31.7 Å². The molecule has 1 aliphatic rings. The largest absolute Gasteiger partial charge is 0.339 e. The predicted molar refractivity (Wildman–Crippen MR) is 106 cm³/mol. The van der Waals surface area contributed by atoms with Crippen LogP contribution in [0.4, 0.5) is 0 Å². The van der Waals surface area contributed by atoms with E-state index in [-0.39, 0.29) is 30.1 Å². The minimum Gasteiger partial charge on any atom is -0.339 e. The van der Waals surface area contributed by atoms with Gasteiger partial charge >= 0.3 is 0 Å². The number of nitrogens with two attached hydrogens (primary N) is 1. The zero-order chi connectivity index (χ0) is 17.8. The zero-order valence-electron chi connectivity index (χ0n) is 14.9. The first-order valence-electron chi connectivity index (χ1n) is 8.81. The Bertz CT molecular complexity index is 754. The van der Waals surface area contributed by atoms with Gasteiger partial charge in [0.05, 0.1) is 5.56 Å². The molecule has 1 heterocycles. The average Bonchev–Trinajstić information content (AvgIpc) is 2.67. The number of carbonyl (C=O) groups excluding carboxylic acids is 2. The summed E-state index contributed by atoms with van der Waals surface area (Å²) in [5.74, 6) is 0.281. The zero-order valence-corrected chi connectivity index (χ0v) is 15.7. The Hall–Kier alpha value is -2.17. The molecule has 0 saturated carbocycles.